The number of carbonyl (C=O) groups excluding carboxylic acids is 2. The molecule has 1 saturated heterocycles. The maximum absolute atomic E-state index is 12.1. The highest BCUT2D eigenvalue weighted by molar-refractivity contribution is 5.93. The second-order valence-electron chi connectivity index (χ2n) is 6.66. The summed E-state index contributed by atoms with van der Waals surface area (Å²) in [5.74, 6) is 0.740. The second-order valence-corrected chi connectivity index (χ2v) is 6.66. The van der Waals surface area contributed by atoms with Crippen LogP contribution in [0.5, 0.6) is 11.5 Å². The molecule has 0 radical (unpaired) electrons. The number of benzene rings is 1. The molecule has 142 valence electrons. The van der Waals surface area contributed by atoms with Crippen LogP contribution < -0.4 is 20.1 Å². The third-order valence-corrected chi connectivity index (χ3v) is 4.59. The van der Waals surface area contributed by atoms with Crippen LogP contribution >= 0.6 is 0 Å². The van der Waals surface area contributed by atoms with Crippen molar-refractivity contribution in [3.63, 3.8) is 0 Å². The van der Waals surface area contributed by atoms with Gasteiger partial charge in [0.2, 0.25) is 18.6 Å². The summed E-state index contributed by atoms with van der Waals surface area (Å²) in [6.07, 6.45) is 5.46. The minimum absolute atomic E-state index is 0.0662. The van der Waals surface area contributed by atoms with Crippen molar-refractivity contribution in [3.05, 3.63) is 42.1 Å². The van der Waals surface area contributed by atoms with E-state index in [1.807, 2.05) is 19.1 Å². The summed E-state index contributed by atoms with van der Waals surface area (Å²) in [7, 11) is 0. The molecule has 0 bridgehead atoms. The minimum atomic E-state index is -0.575. The fourth-order valence-electron chi connectivity index (χ4n) is 3.13. The smallest absolute Gasteiger partial charge is 0.231 e. The van der Waals surface area contributed by atoms with Crippen LogP contribution in [0.4, 0.5) is 5.69 Å². The third kappa shape index (κ3) is 3.81. The second kappa shape index (κ2) is 7.05. The maximum atomic E-state index is 12.1. The first-order valence-electron chi connectivity index (χ1n) is 8.68. The fourth-order valence-corrected chi connectivity index (χ4v) is 3.13. The lowest BCUT2D eigenvalue weighted by Gasteiger charge is -2.27. The van der Waals surface area contributed by atoms with Crippen molar-refractivity contribution in [1.29, 1.82) is 0 Å². The lowest BCUT2D eigenvalue weighted by Crippen LogP contribution is -2.37. The molecule has 2 atom stereocenters. The summed E-state index contributed by atoms with van der Waals surface area (Å²) in [5, 5.41) is 5.54. The quantitative estimate of drug-likeness (QED) is 0.819. The topological polar surface area (TPSA) is 95.1 Å². The Bertz CT molecular complexity index is 833. The number of fused-ring (bicyclic) bond motifs is 2. The van der Waals surface area contributed by atoms with Crippen LogP contribution in [0.2, 0.25) is 0 Å². The minimum Gasteiger partial charge on any atom is -0.454 e. The van der Waals surface area contributed by atoms with Gasteiger partial charge in [0.1, 0.15) is 18.5 Å². The average molecular weight is 372 g/mol. The normalized spacial score (nSPS) is 24.9. The number of hydrogen-bond donors (Lipinski definition) is 2. The lowest BCUT2D eigenvalue weighted by molar-refractivity contribution is -0.123. The number of carbonyl (C=O) groups is 2. The predicted molar refractivity (Wildman–Crippen MR) is 95.0 cm³/mol. The highest BCUT2D eigenvalue weighted by Crippen LogP contribution is 2.34. The Morgan fingerprint density at radius 3 is 2.74 bits per heavy atom. The number of nitrogens with one attached hydrogen (secondary N) is 2. The number of amides is 2. The first kappa shape index (κ1) is 17.6. The number of hydrogen-bond acceptors (Lipinski definition) is 6. The first-order chi connectivity index (χ1) is 13.0. The van der Waals surface area contributed by atoms with Gasteiger partial charge in [0.15, 0.2) is 11.5 Å². The Hall–Kier alpha value is -2.84. The van der Waals surface area contributed by atoms with Gasteiger partial charge < -0.3 is 29.6 Å². The standard InChI is InChI=1S/C19H20N2O6/c1-19-9-13(3-5-16(19)26-11-27-19)21-18(23)7-6-17(22)20-12-2-4-14-15(8-12)25-10-24-14/h2-5,8-9,16H,6-7,10-11H2,1H3,(H,20,22)(H,21,23). The van der Waals surface area contributed by atoms with E-state index in [0.717, 1.165) is 0 Å². The van der Waals surface area contributed by atoms with Crippen molar-refractivity contribution in [2.45, 2.75) is 31.5 Å². The molecule has 2 amide bonds. The Morgan fingerprint density at radius 2 is 1.89 bits per heavy atom. The fraction of sp³-hybridized carbons (Fsp3) is 0.368. The molecule has 2 heterocycles. The van der Waals surface area contributed by atoms with Crippen molar-refractivity contribution in [2.24, 2.45) is 0 Å². The zero-order chi connectivity index (χ0) is 18.9. The Kier molecular flexibility index (Phi) is 4.59. The van der Waals surface area contributed by atoms with Crippen LogP contribution in [0.15, 0.2) is 42.1 Å². The van der Waals surface area contributed by atoms with E-state index < -0.39 is 5.60 Å². The molecule has 1 aromatic carbocycles. The van der Waals surface area contributed by atoms with Gasteiger partial charge in [-0.05, 0) is 31.2 Å². The molecule has 4 rings (SSSR count). The van der Waals surface area contributed by atoms with Gasteiger partial charge in [-0.1, -0.05) is 6.08 Å². The van der Waals surface area contributed by atoms with E-state index >= 15 is 0 Å². The van der Waals surface area contributed by atoms with Crippen molar-refractivity contribution >= 4 is 17.5 Å². The Balaban J connectivity index is 1.26. The molecule has 0 aromatic heterocycles. The van der Waals surface area contributed by atoms with Gasteiger partial charge in [-0.15, -0.1) is 0 Å². The molecule has 8 heteroatoms. The summed E-state index contributed by atoms with van der Waals surface area (Å²) >= 11 is 0. The predicted octanol–water partition coefficient (Wildman–Crippen LogP) is 1.84. The van der Waals surface area contributed by atoms with E-state index in [9.17, 15) is 9.59 Å². The SMILES string of the molecule is CC12C=C(NC(=O)CCC(=O)Nc3ccc4c(c3)OCO4)C=CC1OCO2. The molecule has 27 heavy (non-hydrogen) atoms. The molecular weight excluding hydrogens is 352 g/mol. The maximum Gasteiger partial charge on any atom is 0.231 e. The molecule has 0 spiro atoms. The molecule has 2 N–H and O–H groups in total. The monoisotopic (exact) mass is 372 g/mol. The number of ether oxygens (including phenoxy) is 4. The van der Waals surface area contributed by atoms with Gasteiger partial charge in [0, 0.05) is 30.3 Å². The number of anilines is 1. The Morgan fingerprint density at radius 1 is 1.11 bits per heavy atom. The molecule has 1 aromatic rings. The number of rotatable bonds is 5. The van der Waals surface area contributed by atoms with Crippen LogP contribution in [0.1, 0.15) is 19.8 Å². The van der Waals surface area contributed by atoms with Crippen LogP contribution in [0.3, 0.4) is 0 Å². The molecule has 2 unspecified atom stereocenters. The van der Waals surface area contributed by atoms with Crippen LogP contribution in [0.25, 0.3) is 0 Å². The van der Waals surface area contributed by atoms with Crippen LogP contribution in [-0.2, 0) is 19.1 Å². The summed E-state index contributed by atoms with van der Waals surface area (Å²) in [5.41, 5.74) is 0.661. The van der Waals surface area contributed by atoms with Gasteiger partial charge in [0.05, 0.1) is 0 Å². The summed E-state index contributed by atoms with van der Waals surface area (Å²) in [6, 6.07) is 5.15. The molecule has 1 aliphatic carbocycles. The summed E-state index contributed by atoms with van der Waals surface area (Å²) in [6.45, 7) is 2.30. The van der Waals surface area contributed by atoms with Crippen molar-refractivity contribution in [2.75, 3.05) is 18.9 Å². The first-order valence-corrected chi connectivity index (χ1v) is 8.68. The third-order valence-electron chi connectivity index (χ3n) is 4.59. The molecule has 0 saturated carbocycles. The summed E-state index contributed by atoms with van der Waals surface area (Å²) in [4.78, 5) is 24.2. The van der Waals surface area contributed by atoms with E-state index in [-0.39, 0.29) is 44.3 Å². The van der Waals surface area contributed by atoms with Gasteiger partial charge in [-0.2, -0.15) is 0 Å². The highest BCUT2D eigenvalue weighted by Gasteiger charge is 2.40. The summed E-state index contributed by atoms with van der Waals surface area (Å²) < 4.78 is 21.5. The zero-order valence-electron chi connectivity index (χ0n) is 14.8. The average Bonchev–Trinajstić information content (AvgIpc) is 3.24. The molecule has 1 fully saturated rings. The number of allylic oxidation sites excluding steroid dienone is 1. The largest absolute Gasteiger partial charge is 0.454 e. The van der Waals surface area contributed by atoms with E-state index in [1.165, 1.54) is 0 Å². The van der Waals surface area contributed by atoms with Crippen LogP contribution in [-0.4, -0.2) is 37.1 Å². The van der Waals surface area contributed by atoms with E-state index in [1.54, 1.807) is 24.3 Å². The van der Waals surface area contributed by atoms with E-state index in [4.69, 9.17) is 18.9 Å². The van der Waals surface area contributed by atoms with Crippen LogP contribution in [0, 0.1) is 0 Å². The van der Waals surface area contributed by atoms with E-state index in [2.05, 4.69) is 10.6 Å². The van der Waals surface area contributed by atoms with Gasteiger partial charge >= 0.3 is 0 Å². The molecule has 3 aliphatic rings. The van der Waals surface area contributed by atoms with Gasteiger partial charge in [-0.3, -0.25) is 9.59 Å². The molecule has 2 aliphatic heterocycles. The van der Waals surface area contributed by atoms with Crippen molar-refractivity contribution in [3.8, 4) is 11.5 Å². The van der Waals surface area contributed by atoms with Gasteiger partial charge in [0.25, 0.3) is 0 Å². The molecular formula is C19H20N2O6. The van der Waals surface area contributed by atoms with Crippen molar-refractivity contribution in [1.82, 2.24) is 5.32 Å². The van der Waals surface area contributed by atoms with Crippen molar-refractivity contribution < 1.29 is 28.5 Å². The Labute approximate surface area is 156 Å². The molecule has 8 nitrogen and oxygen atoms in total. The highest BCUT2D eigenvalue weighted by atomic mass is 16.7. The zero-order valence-corrected chi connectivity index (χ0v) is 14.8. The lowest BCUT2D eigenvalue weighted by atomic mass is 9.93. The van der Waals surface area contributed by atoms with E-state index in [0.29, 0.717) is 22.9 Å². The van der Waals surface area contributed by atoms with Gasteiger partial charge in [-0.25, -0.2) is 0 Å².